The highest BCUT2D eigenvalue weighted by Gasteiger charge is 2.34. The molecule has 0 radical (unpaired) electrons. The number of amides is 2. The third-order valence-electron chi connectivity index (χ3n) is 5.09. The maximum absolute atomic E-state index is 12.7. The number of likely N-dealkylation sites (tertiary alicyclic amines) is 2. The summed E-state index contributed by atoms with van der Waals surface area (Å²) in [4.78, 5) is 39.7. The first-order valence-electron chi connectivity index (χ1n) is 9.44. The van der Waals surface area contributed by atoms with Gasteiger partial charge in [-0.05, 0) is 58.0 Å². The highest BCUT2D eigenvalue weighted by Crippen LogP contribution is 2.20. The number of nitrogens with zero attached hydrogens (tertiary/aromatic N) is 2. The molecule has 2 fully saturated rings. The highest BCUT2D eigenvalue weighted by atomic mass is 16.5. The molecular formula is C18H31N3O4. The van der Waals surface area contributed by atoms with Gasteiger partial charge in [-0.3, -0.25) is 14.5 Å². The van der Waals surface area contributed by atoms with Crippen molar-refractivity contribution in [1.82, 2.24) is 15.1 Å². The molecule has 0 aromatic rings. The molecule has 0 aliphatic carbocycles. The molecule has 2 aliphatic heterocycles. The number of rotatable bonds is 6. The summed E-state index contributed by atoms with van der Waals surface area (Å²) in [5, 5.41) is 2.87. The van der Waals surface area contributed by atoms with E-state index in [2.05, 4.69) is 10.2 Å². The van der Waals surface area contributed by atoms with Crippen molar-refractivity contribution in [3.63, 3.8) is 0 Å². The number of carbonyl (C=O) groups is 3. The van der Waals surface area contributed by atoms with Gasteiger partial charge in [-0.25, -0.2) is 4.79 Å². The van der Waals surface area contributed by atoms with Crippen LogP contribution in [0, 0.1) is 5.92 Å². The number of piperidine rings is 2. The minimum absolute atomic E-state index is 0.00714. The largest absolute Gasteiger partial charge is 0.464 e. The third-order valence-corrected chi connectivity index (χ3v) is 5.09. The minimum Gasteiger partial charge on any atom is -0.464 e. The average molecular weight is 353 g/mol. The van der Waals surface area contributed by atoms with E-state index in [9.17, 15) is 14.4 Å². The molecule has 0 bridgehead atoms. The van der Waals surface area contributed by atoms with Crippen LogP contribution in [0.5, 0.6) is 0 Å². The van der Waals surface area contributed by atoms with Crippen LogP contribution in [0.2, 0.25) is 0 Å². The zero-order chi connectivity index (χ0) is 18.2. The molecule has 2 rings (SSSR count). The quantitative estimate of drug-likeness (QED) is 0.714. The Labute approximate surface area is 150 Å². The molecule has 2 heterocycles. The van der Waals surface area contributed by atoms with Crippen LogP contribution in [-0.4, -0.2) is 73.0 Å². The molecule has 2 aliphatic rings. The van der Waals surface area contributed by atoms with Crippen LogP contribution < -0.4 is 5.32 Å². The van der Waals surface area contributed by atoms with Gasteiger partial charge in [0.15, 0.2) is 0 Å². The third kappa shape index (κ3) is 5.99. The van der Waals surface area contributed by atoms with E-state index in [0.29, 0.717) is 38.6 Å². The molecule has 142 valence electrons. The molecule has 0 spiro atoms. The molecular weight excluding hydrogens is 322 g/mol. The lowest BCUT2D eigenvalue weighted by molar-refractivity contribution is -0.157. The maximum Gasteiger partial charge on any atom is 0.328 e. The first-order chi connectivity index (χ1) is 12.0. The van der Waals surface area contributed by atoms with E-state index in [4.69, 9.17) is 4.74 Å². The lowest BCUT2D eigenvalue weighted by Gasteiger charge is -2.37. The summed E-state index contributed by atoms with van der Waals surface area (Å²) in [6.07, 6.45) is 4.56. The van der Waals surface area contributed by atoms with Crippen LogP contribution in [0.3, 0.4) is 0 Å². The summed E-state index contributed by atoms with van der Waals surface area (Å²) in [5.41, 5.74) is 0. The SMILES string of the molecule is CCOC(=O)C1CCCCN1C(=O)CN1CCC(CNC(C)=O)CC1. The van der Waals surface area contributed by atoms with Crippen LogP contribution in [0.15, 0.2) is 0 Å². The molecule has 25 heavy (non-hydrogen) atoms. The molecule has 2 saturated heterocycles. The smallest absolute Gasteiger partial charge is 0.328 e. The number of hydrogen-bond donors (Lipinski definition) is 1. The predicted octanol–water partition coefficient (Wildman–Crippen LogP) is 0.779. The van der Waals surface area contributed by atoms with Gasteiger partial charge in [-0.15, -0.1) is 0 Å². The second-order valence-electron chi connectivity index (χ2n) is 7.01. The Balaban J connectivity index is 1.80. The van der Waals surface area contributed by atoms with E-state index in [1.54, 1.807) is 11.8 Å². The summed E-state index contributed by atoms with van der Waals surface area (Å²) in [6.45, 7) is 7.10. The first-order valence-corrected chi connectivity index (χ1v) is 9.44. The van der Waals surface area contributed by atoms with E-state index in [0.717, 1.165) is 38.8 Å². The second-order valence-corrected chi connectivity index (χ2v) is 7.01. The van der Waals surface area contributed by atoms with Crippen LogP contribution in [0.4, 0.5) is 0 Å². The standard InChI is InChI=1S/C18H31N3O4/c1-3-25-18(24)16-6-4-5-9-21(16)17(23)13-20-10-7-15(8-11-20)12-19-14(2)22/h15-16H,3-13H2,1-2H3,(H,19,22). The Hall–Kier alpha value is -1.63. The van der Waals surface area contributed by atoms with E-state index < -0.39 is 6.04 Å². The first kappa shape index (κ1) is 19.7. The van der Waals surface area contributed by atoms with Crippen LogP contribution in [0.25, 0.3) is 0 Å². The van der Waals surface area contributed by atoms with Gasteiger partial charge in [-0.2, -0.15) is 0 Å². The number of nitrogens with one attached hydrogen (secondary N) is 1. The van der Waals surface area contributed by atoms with Crippen molar-refractivity contribution < 1.29 is 19.1 Å². The maximum atomic E-state index is 12.7. The predicted molar refractivity (Wildman–Crippen MR) is 93.8 cm³/mol. The van der Waals surface area contributed by atoms with E-state index in [1.807, 2.05) is 0 Å². The molecule has 0 aromatic carbocycles. The van der Waals surface area contributed by atoms with Gasteiger partial charge in [-0.1, -0.05) is 0 Å². The number of esters is 1. The molecule has 1 unspecified atom stereocenters. The lowest BCUT2D eigenvalue weighted by atomic mass is 9.96. The van der Waals surface area contributed by atoms with Gasteiger partial charge in [0.1, 0.15) is 6.04 Å². The van der Waals surface area contributed by atoms with Crippen molar-refractivity contribution in [2.75, 3.05) is 39.3 Å². The number of hydrogen-bond acceptors (Lipinski definition) is 5. The zero-order valence-corrected chi connectivity index (χ0v) is 15.5. The van der Waals surface area contributed by atoms with Gasteiger partial charge in [0.2, 0.25) is 11.8 Å². The Bertz CT molecular complexity index is 475. The zero-order valence-electron chi connectivity index (χ0n) is 15.5. The average Bonchev–Trinajstić information content (AvgIpc) is 2.61. The number of ether oxygens (including phenoxy) is 1. The van der Waals surface area contributed by atoms with Gasteiger partial charge in [0.25, 0.3) is 0 Å². The molecule has 1 atom stereocenters. The van der Waals surface area contributed by atoms with Crippen molar-refractivity contribution in [3.8, 4) is 0 Å². The lowest BCUT2D eigenvalue weighted by Crippen LogP contribution is -2.52. The molecule has 2 amide bonds. The minimum atomic E-state index is -0.418. The molecule has 0 aromatic heterocycles. The molecule has 7 nitrogen and oxygen atoms in total. The fraction of sp³-hybridized carbons (Fsp3) is 0.833. The summed E-state index contributed by atoms with van der Waals surface area (Å²) in [7, 11) is 0. The van der Waals surface area contributed by atoms with Gasteiger partial charge < -0.3 is 15.0 Å². The number of carbonyl (C=O) groups excluding carboxylic acids is 3. The fourth-order valence-corrected chi connectivity index (χ4v) is 3.63. The topological polar surface area (TPSA) is 79.0 Å². The Kier molecular flexibility index (Phi) is 7.68. The normalized spacial score (nSPS) is 22.5. The Morgan fingerprint density at radius 2 is 1.80 bits per heavy atom. The van der Waals surface area contributed by atoms with Crippen molar-refractivity contribution in [2.45, 2.75) is 52.0 Å². The van der Waals surface area contributed by atoms with E-state index in [-0.39, 0.29) is 17.8 Å². The monoisotopic (exact) mass is 353 g/mol. The van der Waals surface area contributed by atoms with Crippen LogP contribution >= 0.6 is 0 Å². The second kappa shape index (κ2) is 9.75. The van der Waals surface area contributed by atoms with E-state index >= 15 is 0 Å². The summed E-state index contributed by atoms with van der Waals surface area (Å²) in [5.74, 6) is 0.243. The fourth-order valence-electron chi connectivity index (χ4n) is 3.63. The van der Waals surface area contributed by atoms with Crippen molar-refractivity contribution in [1.29, 1.82) is 0 Å². The Morgan fingerprint density at radius 3 is 2.44 bits per heavy atom. The Morgan fingerprint density at radius 1 is 1.08 bits per heavy atom. The van der Waals surface area contributed by atoms with Gasteiger partial charge in [0, 0.05) is 20.0 Å². The molecule has 7 heteroatoms. The summed E-state index contributed by atoms with van der Waals surface area (Å²) < 4.78 is 5.13. The van der Waals surface area contributed by atoms with Crippen molar-refractivity contribution >= 4 is 17.8 Å². The van der Waals surface area contributed by atoms with E-state index in [1.165, 1.54) is 6.92 Å². The van der Waals surface area contributed by atoms with Crippen LogP contribution in [0.1, 0.15) is 46.0 Å². The van der Waals surface area contributed by atoms with Crippen molar-refractivity contribution in [3.05, 3.63) is 0 Å². The summed E-state index contributed by atoms with van der Waals surface area (Å²) in [6, 6.07) is -0.418. The molecule has 0 saturated carbocycles. The molecule has 1 N–H and O–H groups in total. The van der Waals surface area contributed by atoms with Crippen molar-refractivity contribution in [2.24, 2.45) is 5.92 Å². The van der Waals surface area contributed by atoms with Gasteiger partial charge in [0.05, 0.1) is 13.2 Å². The highest BCUT2D eigenvalue weighted by molar-refractivity contribution is 5.85. The van der Waals surface area contributed by atoms with Gasteiger partial charge >= 0.3 is 5.97 Å². The van der Waals surface area contributed by atoms with Crippen LogP contribution in [-0.2, 0) is 19.1 Å². The summed E-state index contributed by atoms with van der Waals surface area (Å²) >= 11 is 0.